The van der Waals surface area contributed by atoms with E-state index in [1.807, 2.05) is 42.5 Å². The third-order valence-corrected chi connectivity index (χ3v) is 6.91. The van der Waals surface area contributed by atoms with Crippen molar-refractivity contribution in [2.24, 2.45) is 0 Å². The number of nitrogens with one attached hydrogen (secondary N) is 1. The first-order valence-electron chi connectivity index (χ1n) is 11.3. The average Bonchev–Trinajstić information content (AvgIpc) is 3.25. The predicted molar refractivity (Wildman–Crippen MR) is 128 cm³/mol. The number of fused-ring (bicyclic) bond motifs is 2. The lowest BCUT2D eigenvalue weighted by molar-refractivity contribution is 0.104. The van der Waals surface area contributed by atoms with Crippen molar-refractivity contribution < 1.29 is 9.32 Å². The van der Waals surface area contributed by atoms with Crippen LogP contribution in [0.5, 0.6) is 0 Å². The van der Waals surface area contributed by atoms with Crippen LogP contribution in [0, 0.1) is 6.92 Å². The highest BCUT2D eigenvalue weighted by Gasteiger charge is 2.34. The van der Waals surface area contributed by atoms with Crippen molar-refractivity contribution in [3.05, 3.63) is 71.3 Å². The van der Waals surface area contributed by atoms with Crippen LogP contribution in [0.15, 0.2) is 59.1 Å². The highest BCUT2D eigenvalue weighted by molar-refractivity contribution is 6.28. The summed E-state index contributed by atoms with van der Waals surface area (Å²) in [6, 6.07) is 18.3. The number of rotatable bonds is 3. The molecular formula is C27H25N3O2. The van der Waals surface area contributed by atoms with Gasteiger partial charge in [-0.3, -0.25) is 4.79 Å². The minimum Gasteiger partial charge on any atom is -0.367 e. The summed E-state index contributed by atoms with van der Waals surface area (Å²) in [5.41, 5.74) is 6.86. The van der Waals surface area contributed by atoms with Gasteiger partial charge < -0.3 is 14.7 Å². The number of aryl methyl sites for hydroxylation is 1. The molecule has 2 heterocycles. The average molecular weight is 424 g/mol. The van der Waals surface area contributed by atoms with E-state index in [0.29, 0.717) is 22.9 Å². The van der Waals surface area contributed by atoms with Crippen molar-refractivity contribution in [2.75, 3.05) is 16.8 Å². The fraction of sp³-hybridized carbons (Fsp3) is 0.259. The molecule has 1 fully saturated rings. The van der Waals surface area contributed by atoms with Crippen molar-refractivity contribution >= 4 is 33.7 Å². The first-order valence-corrected chi connectivity index (χ1v) is 11.3. The van der Waals surface area contributed by atoms with Gasteiger partial charge in [-0.05, 0) is 50.8 Å². The van der Waals surface area contributed by atoms with Crippen LogP contribution in [0.25, 0.3) is 22.2 Å². The first kappa shape index (κ1) is 19.1. The molecule has 0 amide bonds. The monoisotopic (exact) mass is 423 g/mol. The Morgan fingerprint density at radius 1 is 1.03 bits per heavy atom. The summed E-state index contributed by atoms with van der Waals surface area (Å²) in [4.78, 5) is 16.1. The summed E-state index contributed by atoms with van der Waals surface area (Å²) in [6.45, 7) is 5.31. The molecular weight excluding hydrogens is 398 g/mol. The van der Waals surface area contributed by atoms with E-state index in [1.54, 1.807) is 0 Å². The molecule has 0 spiro atoms. The highest BCUT2D eigenvalue weighted by atomic mass is 16.5. The normalized spacial score (nSPS) is 17.5. The Hall–Kier alpha value is -3.60. The molecule has 160 valence electrons. The molecule has 1 aromatic heterocycles. The number of anilines is 3. The Morgan fingerprint density at radius 2 is 1.81 bits per heavy atom. The largest absolute Gasteiger partial charge is 0.367 e. The molecule has 1 atom stereocenters. The molecule has 1 N–H and O–H groups in total. The molecule has 0 saturated carbocycles. The number of carbonyl (C=O) groups is 1. The maximum absolute atomic E-state index is 13.7. The van der Waals surface area contributed by atoms with E-state index in [1.165, 1.54) is 6.42 Å². The van der Waals surface area contributed by atoms with Crippen molar-refractivity contribution in [3.63, 3.8) is 0 Å². The summed E-state index contributed by atoms with van der Waals surface area (Å²) >= 11 is 0. The van der Waals surface area contributed by atoms with E-state index in [0.717, 1.165) is 58.5 Å². The van der Waals surface area contributed by atoms with Gasteiger partial charge >= 0.3 is 0 Å². The number of piperidine rings is 1. The number of hydrogen-bond donors (Lipinski definition) is 1. The van der Waals surface area contributed by atoms with E-state index in [-0.39, 0.29) is 5.78 Å². The summed E-state index contributed by atoms with van der Waals surface area (Å²) < 4.78 is 5.91. The Balaban J connectivity index is 1.64. The van der Waals surface area contributed by atoms with E-state index in [4.69, 9.17) is 4.52 Å². The molecule has 4 aromatic rings. The zero-order chi connectivity index (χ0) is 21.8. The minimum absolute atomic E-state index is 0.00984. The number of nitrogens with zero attached hydrogens (tertiary/aromatic N) is 2. The summed E-state index contributed by atoms with van der Waals surface area (Å²) in [7, 11) is 0. The van der Waals surface area contributed by atoms with Gasteiger partial charge in [0.05, 0.1) is 22.3 Å². The number of carbonyl (C=O) groups excluding carboxylic acids is 1. The van der Waals surface area contributed by atoms with Crippen molar-refractivity contribution in [1.29, 1.82) is 0 Å². The molecule has 0 unspecified atom stereocenters. The van der Waals surface area contributed by atoms with E-state index < -0.39 is 0 Å². The molecule has 1 aliphatic heterocycles. The summed E-state index contributed by atoms with van der Waals surface area (Å²) in [6.07, 6.45) is 3.54. The quantitative estimate of drug-likeness (QED) is 0.360. The number of aromatic nitrogens is 1. The maximum Gasteiger partial charge on any atom is 0.196 e. The second-order valence-electron chi connectivity index (χ2n) is 8.91. The molecule has 2 aliphatic rings. The highest BCUT2D eigenvalue weighted by Crippen LogP contribution is 2.47. The Bertz CT molecular complexity index is 1370. The van der Waals surface area contributed by atoms with Crippen LogP contribution in [0.3, 0.4) is 0 Å². The van der Waals surface area contributed by atoms with Gasteiger partial charge in [-0.2, -0.15) is 0 Å². The van der Waals surface area contributed by atoms with Crippen LogP contribution in [0.4, 0.5) is 17.1 Å². The predicted octanol–water partition coefficient (Wildman–Crippen LogP) is 6.47. The van der Waals surface area contributed by atoms with Crippen molar-refractivity contribution in [1.82, 2.24) is 5.16 Å². The fourth-order valence-corrected chi connectivity index (χ4v) is 5.17. The fourth-order valence-electron chi connectivity index (χ4n) is 5.17. The smallest absolute Gasteiger partial charge is 0.196 e. The van der Waals surface area contributed by atoms with Gasteiger partial charge in [-0.15, -0.1) is 0 Å². The molecule has 5 nitrogen and oxygen atoms in total. The molecule has 32 heavy (non-hydrogen) atoms. The van der Waals surface area contributed by atoms with Crippen LogP contribution in [-0.2, 0) is 0 Å². The van der Waals surface area contributed by atoms with Gasteiger partial charge in [0.25, 0.3) is 0 Å². The van der Waals surface area contributed by atoms with Crippen LogP contribution in [0.2, 0.25) is 0 Å². The second kappa shape index (κ2) is 7.23. The number of para-hydroxylation sites is 1. The van der Waals surface area contributed by atoms with Gasteiger partial charge in [0.2, 0.25) is 0 Å². The molecule has 6 rings (SSSR count). The third-order valence-electron chi connectivity index (χ3n) is 6.91. The van der Waals surface area contributed by atoms with Gasteiger partial charge in [0, 0.05) is 29.4 Å². The standard InChI is InChI=1S/C27H25N3O2/c1-16-9-3-6-13-20(16)28-21-15-22(30-14-8-7-10-17(30)2)25-24-23(21)26(31)18-11-4-5-12-19(18)27(24)32-29-25/h3-6,9,11-13,15,17,28H,7-8,10,14H2,1-2H3/t17-/m1/s1. The Kier molecular flexibility index (Phi) is 4.32. The van der Waals surface area contributed by atoms with E-state index >= 15 is 0 Å². The second-order valence-corrected chi connectivity index (χ2v) is 8.91. The lowest BCUT2D eigenvalue weighted by Crippen LogP contribution is -2.37. The Morgan fingerprint density at radius 3 is 2.62 bits per heavy atom. The first-order chi connectivity index (χ1) is 15.6. The zero-order valence-electron chi connectivity index (χ0n) is 18.3. The van der Waals surface area contributed by atoms with Gasteiger partial charge in [0.1, 0.15) is 5.52 Å². The third kappa shape index (κ3) is 2.77. The zero-order valence-corrected chi connectivity index (χ0v) is 18.3. The molecule has 0 bridgehead atoms. The molecule has 3 aromatic carbocycles. The van der Waals surface area contributed by atoms with Crippen LogP contribution in [-0.4, -0.2) is 23.5 Å². The van der Waals surface area contributed by atoms with Gasteiger partial charge in [0.15, 0.2) is 11.5 Å². The lowest BCUT2D eigenvalue weighted by atomic mass is 9.86. The number of hydrogen-bond acceptors (Lipinski definition) is 5. The van der Waals surface area contributed by atoms with Gasteiger partial charge in [-0.1, -0.05) is 47.6 Å². The summed E-state index contributed by atoms with van der Waals surface area (Å²) in [5, 5.41) is 8.90. The van der Waals surface area contributed by atoms with Crippen LogP contribution >= 0.6 is 0 Å². The number of benzene rings is 3. The Labute approximate surface area is 187 Å². The molecule has 1 saturated heterocycles. The van der Waals surface area contributed by atoms with Gasteiger partial charge in [-0.25, -0.2) is 0 Å². The summed E-state index contributed by atoms with van der Waals surface area (Å²) in [5.74, 6) is 0.695. The molecule has 5 heteroatoms. The maximum atomic E-state index is 13.7. The van der Waals surface area contributed by atoms with Crippen molar-refractivity contribution in [3.8, 4) is 11.3 Å². The number of ketones is 1. The minimum atomic E-state index is 0.00984. The molecule has 0 radical (unpaired) electrons. The van der Waals surface area contributed by atoms with E-state index in [2.05, 4.69) is 41.4 Å². The SMILES string of the molecule is Cc1ccccc1Nc1cc(N2CCCC[C@H]2C)c2noc3c2c1C(=O)c1ccccc1-3. The van der Waals surface area contributed by atoms with Crippen molar-refractivity contribution in [2.45, 2.75) is 39.2 Å². The van der Waals surface area contributed by atoms with Crippen LogP contribution < -0.4 is 10.2 Å². The topological polar surface area (TPSA) is 58.4 Å². The van der Waals surface area contributed by atoms with E-state index in [9.17, 15) is 4.79 Å². The molecule has 1 aliphatic carbocycles. The lowest BCUT2D eigenvalue weighted by Gasteiger charge is -2.36. The van der Waals surface area contributed by atoms with Crippen LogP contribution in [0.1, 0.15) is 47.7 Å².